The van der Waals surface area contributed by atoms with Crippen LogP contribution in [0.25, 0.3) is 121 Å². The van der Waals surface area contributed by atoms with Gasteiger partial charge in [0.15, 0.2) is 17.5 Å². The van der Waals surface area contributed by atoms with Crippen LogP contribution in [-0.4, -0.2) is 15.0 Å². The number of fused-ring (bicyclic) bond motifs is 16. The van der Waals surface area contributed by atoms with E-state index in [1.807, 2.05) is 18.2 Å². The molecule has 10 aromatic carbocycles. The van der Waals surface area contributed by atoms with E-state index < -0.39 is 5.41 Å². The van der Waals surface area contributed by atoms with E-state index >= 15 is 0 Å². The zero-order valence-electron chi connectivity index (χ0n) is 37.0. The zero-order chi connectivity index (χ0) is 45.2. The highest BCUT2D eigenvalue weighted by molar-refractivity contribution is 7.25. The first-order valence-corrected chi connectivity index (χ1v) is 24.2. The first kappa shape index (κ1) is 38.3. The fraction of sp³-hybridized carbons (Fsp3) is 0.0156. The highest BCUT2D eigenvalue weighted by atomic mass is 32.1. The molecule has 2 aliphatic rings. The molecule has 2 aliphatic carbocycles. The summed E-state index contributed by atoms with van der Waals surface area (Å²) >= 11 is 1.81. The van der Waals surface area contributed by atoms with Crippen LogP contribution in [0.15, 0.2) is 229 Å². The molecule has 0 N–H and O–H groups in total. The van der Waals surface area contributed by atoms with Crippen LogP contribution in [0.3, 0.4) is 0 Å². The minimum atomic E-state index is -0.426. The molecule has 3 heterocycles. The monoisotopic (exact) mass is 895 g/mol. The summed E-state index contributed by atoms with van der Waals surface area (Å²) in [6.07, 6.45) is 0. The number of nitrogens with zero attached hydrogens (tertiary/aromatic N) is 3. The van der Waals surface area contributed by atoms with Crippen LogP contribution in [0.5, 0.6) is 0 Å². The molecule has 0 amide bonds. The average Bonchev–Trinajstić information content (AvgIpc) is 4.16. The fourth-order valence-electron chi connectivity index (χ4n) is 11.6. The lowest BCUT2D eigenvalue weighted by Crippen LogP contribution is -2.25. The molecule has 0 saturated heterocycles. The summed E-state index contributed by atoms with van der Waals surface area (Å²) in [6, 6.07) is 80.9. The molecule has 0 fully saturated rings. The molecular formula is C64H37N3OS. The molecule has 15 rings (SSSR count). The molecule has 0 aliphatic heterocycles. The molecule has 69 heavy (non-hydrogen) atoms. The van der Waals surface area contributed by atoms with Crippen LogP contribution >= 0.6 is 11.3 Å². The molecule has 0 radical (unpaired) electrons. The second kappa shape index (κ2) is 14.6. The zero-order valence-corrected chi connectivity index (χ0v) is 37.8. The lowest BCUT2D eigenvalue weighted by Gasteiger charge is -2.30. The summed E-state index contributed by atoms with van der Waals surface area (Å²) in [5, 5.41) is 4.41. The van der Waals surface area contributed by atoms with Gasteiger partial charge in [0, 0.05) is 47.6 Å². The van der Waals surface area contributed by atoms with Gasteiger partial charge in [0.05, 0.1) is 5.41 Å². The number of hydrogen-bond donors (Lipinski definition) is 0. The molecular weight excluding hydrogens is 859 g/mol. The van der Waals surface area contributed by atoms with Gasteiger partial charge in [0.25, 0.3) is 0 Å². The Bertz CT molecular complexity index is 4210. The van der Waals surface area contributed by atoms with E-state index in [9.17, 15) is 0 Å². The van der Waals surface area contributed by atoms with E-state index in [1.165, 1.54) is 64.7 Å². The minimum absolute atomic E-state index is 0.426. The first-order valence-electron chi connectivity index (χ1n) is 23.4. The normalized spacial score (nSPS) is 13.0. The summed E-state index contributed by atoms with van der Waals surface area (Å²) in [4.78, 5) is 15.9. The van der Waals surface area contributed by atoms with Crippen molar-refractivity contribution >= 4 is 53.4 Å². The van der Waals surface area contributed by atoms with Gasteiger partial charge in [-0.1, -0.05) is 170 Å². The van der Waals surface area contributed by atoms with Crippen molar-refractivity contribution in [2.45, 2.75) is 5.41 Å². The van der Waals surface area contributed by atoms with Crippen molar-refractivity contribution in [3.63, 3.8) is 0 Å². The third-order valence-electron chi connectivity index (χ3n) is 14.6. The van der Waals surface area contributed by atoms with E-state index in [4.69, 9.17) is 19.4 Å². The second-order valence-electron chi connectivity index (χ2n) is 18.2. The molecule has 320 valence electrons. The van der Waals surface area contributed by atoms with Crippen molar-refractivity contribution in [3.8, 4) is 78.7 Å². The summed E-state index contributed by atoms with van der Waals surface area (Å²) < 4.78 is 9.17. The predicted octanol–water partition coefficient (Wildman–Crippen LogP) is 16.8. The van der Waals surface area contributed by atoms with Gasteiger partial charge >= 0.3 is 0 Å². The van der Waals surface area contributed by atoms with Crippen molar-refractivity contribution < 1.29 is 4.42 Å². The highest BCUT2D eigenvalue weighted by Gasteiger charge is 2.51. The van der Waals surface area contributed by atoms with Crippen LogP contribution in [0, 0.1) is 0 Å². The smallest absolute Gasteiger partial charge is 0.164 e. The van der Waals surface area contributed by atoms with Gasteiger partial charge in [0.2, 0.25) is 0 Å². The highest BCUT2D eigenvalue weighted by Crippen LogP contribution is 2.63. The van der Waals surface area contributed by atoms with Crippen molar-refractivity contribution in [2.24, 2.45) is 0 Å². The average molecular weight is 896 g/mol. The van der Waals surface area contributed by atoms with Crippen molar-refractivity contribution in [1.29, 1.82) is 0 Å². The van der Waals surface area contributed by atoms with E-state index in [0.29, 0.717) is 17.5 Å². The maximum Gasteiger partial charge on any atom is 0.164 e. The summed E-state index contributed by atoms with van der Waals surface area (Å²) in [5.41, 5.74) is 18.9. The minimum Gasteiger partial charge on any atom is -0.456 e. The molecule has 0 saturated carbocycles. The second-order valence-corrected chi connectivity index (χ2v) is 19.3. The Morgan fingerprint density at radius 2 is 0.826 bits per heavy atom. The standard InChI is InChI=1S/C64H37N3OS/c1-2-14-38(15-3-1)39-16-12-17-42(34-39)61-65-62(43-30-33-59-50(36-43)48-21-7-11-27-58(48)69-59)67-63(66-61)49-22-13-26-57-60(49)51-35-40(29-32-56(51)68-57)41-28-31-47-46-20-6-10-25-54(46)64(55(47)37-41)52-23-8-4-18-44(52)45-19-5-9-24-53(45)64/h1-37H. The van der Waals surface area contributed by atoms with Gasteiger partial charge in [-0.15, -0.1) is 11.3 Å². The van der Waals surface area contributed by atoms with Crippen LogP contribution in [0.2, 0.25) is 0 Å². The number of aromatic nitrogens is 3. The molecule has 0 unspecified atom stereocenters. The van der Waals surface area contributed by atoms with Crippen molar-refractivity contribution in [1.82, 2.24) is 15.0 Å². The quantitative estimate of drug-likeness (QED) is 0.173. The van der Waals surface area contributed by atoms with E-state index in [2.05, 4.69) is 206 Å². The predicted molar refractivity (Wildman–Crippen MR) is 283 cm³/mol. The molecule has 0 bridgehead atoms. The van der Waals surface area contributed by atoms with E-state index in [-0.39, 0.29) is 0 Å². The van der Waals surface area contributed by atoms with Crippen LogP contribution in [0.1, 0.15) is 22.3 Å². The lowest BCUT2D eigenvalue weighted by atomic mass is 9.70. The topological polar surface area (TPSA) is 51.8 Å². The Kier molecular flexibility index (Phi) is 8.12. The summed E-state index contributed by atoms with van der Waals surface area (Å²) in [7, 11) is 0. The van der Waals surface area contributed by atoms with Crippen LogP contribution in [-0.2, 0) is 5.41 Å². The van der Waals surface area contributed by atoms with Gasteiger partial charge in [-0.3, -0.25) is 0 Å². The van der Waals surface area contributed by atoms with E-state index in [0.717, 1.165) is 60.9 Å². The molecule has 1 spiro atoms. The molecule has 3 aromatic heterocycles. The Balaban J connectivity index is 0.920. The summed E-state index contributed by atoms with van der Waals surface area (Å²) in [5.74, 6) is 1.81. The van der Waals surface area contributed by atoms with Gasteiger partial charge in [-0.2, -0.15) is 0 Å². The number of benzene rings is 10. The molecule has 13 aromatic rings. The van der Waals surface area contributed by atoms with Crippen LogP contribution in [0.4, 0.5) is 0 Å². The van der Waals surface area contributed by atoms with Gasteiger partial charge in [0.1, 0.15) is 11.2 Å². The SMILES string of the molecule is c1ccc(-c2cccc(-c3nc(-c4ccc5sc6ccccc6c5c4)nc(-c4cccc5oc6ccc(-c7ccc8c(c7)C7(c9ccccc9-c9ccccc97)c7ccccc7-8)cc6c45)n3)c2)cc1. The van der Waals surface area contributed by atoms with Crippen molar-refractivity contribution in [3.05, 3.63) is 247 Å². The third kappa shape index (κ3) is 5.59. The largest absolute Gasteiger partial charge is 0.456 e. The molecule has 4 nitrogen and oxygen atoms in total. The Morgan fingerprint density at radius 1 is 0.304 bits per heavy atom. The van der Waals surface area contributed by atoms with Crippen LogP contribution < -0.4 is 0 Å². The van der Waals surface area contributed by atoms with E-state index in [1.54, 1.807) is 11.3 Å². The third-order valence-corrected chi connectivity index (χ3v) is 15.7. The van der Waals surface area contributed by atoms with Gasteiger partial charge < -0.3 is 4.42 Å². The number of thiophene rings is 1. The Morgan fingerprint density at radius 3 is 1.59 bits per heavy atom. The lowest BCUT2D eigenvalue weighted by molar-refractivity contribution is 0.669. The maximum atomic E-state index is 6.68. The number of furan rings is 1. The summed E-state index contributed by atoms with van der Waals surface area (Å²) in [6.45, 7) is 0. The Labute approximate surface area is 401 Å². The number of rotatable bonds is 5. The van der Waals surface area contributed by atoms with Gasteiger partial charge in [-0.05, 0) is 121 Å². The maximum absolute atomic E-state index is 6.68. The molecule has 5 heteroatoms. The Hall–Kier alpha value is -8.77. The van der Waals surface area contributed by atoms with Gasteiger partial charge in [-0.25, -0.2) is 15.0 Å². The first-order chi connectivity index (χ1) is 34.2. The fourth-order valence-corrected chi connectivity index (χ4v) is 12.6. The number of hydrogen-bond acceptors (Lipinski definition) is 5. The van der Waals surface area contributed by atoms with Crippen molar-refractivity contribution in [2.75, 3.05) is 0 Å². The molecule has 0 atom stereocenters.